The van der Waals surface area contributed by atoms with Gasteiger partial charge < -0.3 is 11.5 Å². The highest BCUT2D eigenvalue weighted by molar-refractivity contribution is 5.40. The summed E-state index contributed by atoms with van der Waals surface area (Å²) in [6.07, 6.45) is 2.23. The molecule has 1 aromatic carbocycles. The Labute approximate surface area is 91.1 Å². The average molecular weight is 205 g/mol. The molecule has 0 spiro atoms. The molecule has 0 aliphatic carbocycles. The number of nitrogen functional groups attached to an aromatic ring is 1. The van der Waals surface area contributed by atoms with Crippen molar-refractivity contribution in [1.29, 1.82) is 0 Å². The van der Waals surface area contributed by atoms with Crippen LogP contribution in [0, 0.1) is 0 Å². The summed E-state index contributed by atoms with van der Waals surface area (Å²) in [5, 5.41) is 0. The van der Waals surface area contributed by atoms with Crippen molar-refractivity contribution in [3.05, 3.63) is 29.8 Å². The molecule has 3 heteroatoms. The molecule has 0 unspecified atom stereocenters. The van der Waals surface area contributed by atoms with Gasteiger partial charge in [-0.2, -0.15) is 0 Å². The maximum atomic E-state index is 5.87. The second-order valence-corrected chi connectivity index (χ2v) is 4.36. The molecule has 3 nitrogen and oxygen atoms in total. The second-order valence-electron chi connectivity index (χ2n) is 4.36. The maximum absolute atomic E-state index is 5.87. The van der Waals surface area contributed by atoms with Crippen LogP contribution in [0.2, 0.25) is 0 Å². The van der Waals surface area contributed by atoms with Gasteiger partial charge in [-0.15, -0.1) is 0 Å². The van der Waals surface area contributed by atoms with E-state index in [9.17, 15) is 0 Å². The zero-order valence-corrected chi connectivity index (χ0v) is 9.02. The molecule has 0 amide bonds. The zero-order valence-electron chi connectivity index (χ0n) is 9.02. The highest BCUT2D eigenvalue weighted by atomic mass is 15.1. The van der Waals surface area contributed by atoms with Gasteiger partial charge in [0.25, 0.3) is 0 Å². The number of hydrogen-bond donors (Lipinski definition) is 2. The zero-order chi connectivity index (χ0) is 10.7. The van der Waals surface area contributed by atoms with Crippen molar-refractivity contribution >= 4 is 5.69 Å². The predicted molar refractivity (Wildman–Crippen MR) is 63.3 cm³/mol. The molecule has 1 aromatic rings. The lowest BCUT2D eigenvalue weighted by Gasteiger charge is -2.30. The van der Waals surface area contributed by atoms with Crippen molar-refractivity contribution in [2.45, 2.75) is 25.4 Å². The van der Waals surface area contributed by atoms with Crippen molar-refractivity contribution in [1.82, 2.24) is 4.90 Å². The first-order valence-corrected chi connectivity index (χ1v) is 5.56. The SMILES string of the molecule is Nc1cccc(CN2CCC(N)CC2)c1. The highest BCUT2D eigenvalue weighted by Gasteiger charge is 2.15. The van der Waals surface area contributed by atoms with E-state index in [-0.39, 0.29) is 0 Å². The number of likely N-dealkylation sites (tertiary alicyclic amines) is 1. The summed E-state index contributed by atoms with van der Waals surface area (Å²) in [4.78, 5) is 2.44. The molecule has 0 atom stereocenters. The first-order valence-electron chi connectivity index (χ1n) is 5.56. The number of benzene rings is 1. The molecule has 1 heterocycles. The van der Waals surface area contributed by atoms with Crippen molar-refractivity contribution in [3.8, 4) is 0 Å². The Balaban J connectivity index is 1.92. The van der Waals surface area contributed by atoms with Crippen LogP contribution in [-0.2, 0) is 6.54 Å². The van der Waals surface area contributed by atoms with Crippen molar-refractivity contribution in [2.24, 2.45) is 5.73 Å². The van der Waals surface area contributed by atoms with E-state index in [1.54, 1.807) is 0 Å². The van der Waals surface area contributed by atoms with E-state index in [1.807, 2.05) is 12.1 Å². The van der Waals surface area contributed by atoms with Crippen LogP contribution in [0.1, 0.15) is 18.4 Å². The van der Waals surface area contributed by atoms with Gasteiger partial charge in [0.15, 0.2) is 0 Å². The van der Waals surface area contributed by atoms with Gasteiger partial charge in [0, 0.05) is 18.3 Å². The van der Waals surface area contributed by atoms with Crippen LogP contribution in [0.5, 0.6) is 0 Å². The largest absolute Gasteiger partial charge is 0.399 e. The summed E-state index contributed by atoms with van der Waals surface area (Å²) in [6, 6.07) is 8.53. The fraction of sp³-hybridized carbons (Fsp3) is 0.500. The fourth-order valence-electron chi connectivity index (χ4n) is 2.06. The van der Waals surface area contributed by atoms with E-state index in [4.69, 9.17) is 11.5 Å². The minimum absolute atomic E-state index is 0.405. The van der Waals surface area contributed by atoms with Gasteiger partial charge >= 0.3 is 0 Å². The lowest BCUT2D eigenvalue weighted by atomic mass is 10.1. The predicted octanol–water partition coefficient (Wildman–Crippen LogP) is 1.19. The van der Waals surface area contributed by atoms with Crippen LogP contribution >= 0.6 is 0 Å². The van der Waals surface area contributed by atoms with Gasteiger partial charge in [0.1, 0.15) is 0 Å². The smallest absolute Gasteiger partial charge is 0.0317 e. The summed E-state index contributed by atoms with van der Waals surface area (Å²) < 4.78 is 0. The van der Waals surface area contributed by atoms with E-state index in [0.717, 1.165) is 38.2 Å². The fourth-order valence-corrected chi connectivity index (χ4v) is 2.06. The molecular weight excluding hydrogens is 186 g/mol. The average Bonchev–Trinajstić information content (AvgIpc) is 2.22. The monoisotopic (exact) mass is 205 g/mol. The lowest BCUT2D eigenvalue weighted by Crippen LogP contribution is -2.39. The van der Waals surface area contributed by atoms with Crippen LogP contribution < -0.4 is 11.5 Å². The van der Waals surface area contributed by atoms with Gasteiger partial charge in [0.05, 0.1) is 0 Å². The molecule has 0 bridgehead atoms. The van der Waals surface area contributed by atoms with E-state index < -0.39 is 0 Å². The molecule has 1 fully saturated rings. The number of rotatable bonds is 2. The number of piperidine rings is 1. The number of nitrogens with zero attached hydrogens (tertiary/aromatic N) is 1. The van der Waals surface area contributed by atoms with E-state index in [0.29, 0.717) is 6.04 Å². The van der Waals surface area contributed by atoms with Crippen molar-refractivity contribution in [2.75, 3.05) is 18.8 Å². The quantitative estimate of drug-likeness (QED) is 0.713. The highest BCUT2D eigenvalue weighted by Crippen LogP contribution is 2.14. The number of nitrogens with two attached hydrogens (primary N) is 2. The minimum Gasteiger partial charge on any atom is -0.399 e. The topological polar surface area (TPSA) is 55.3 Å². The molecule has 0 saturated carbocycles. The van der Waals surface area contributed by atoms with E-state index >= 15 is 0 Å². The summed E-state index contributed by atoms with van der Waals surface area (Å²) in [7, 11) is 0. The Hall–Kier alpha value is -1.06. The third-order valence-electron chi connectivity index (χ3n) is 2.99. The first-order chi connectivity index (χ1) is 7.24. The van der Waals surface area contributed by atoms with Crippen LogP contribution in [0.25, 0.3) is 0 Å². The summed E-state index contributed by atoms with van der Waals surface area (Å²) in [5.74, 6) is 0. The maximum Gasteiger partial charge on any atom is 0.0317 e. The van der Waals surface area contributed by atoms with Crippen molar-refractivity contribution in [3.63, 3.8) is 0 Å². The molecule has 82 valence electrons. The van der Waals surface area contributed by atoms with Crippen LogP contribution in [-0.4, -0.2) is 24.0 Å². The van der Waals surface area contributed by atoms with Gasteiger partial charge in [-0.1, -0.05) is 12.1 Å². The van der Waals surface area contributed by atoms with Gasteiger partial charge in [-0.05, 0) is 43.6 Å². The van der Waals surface area contributed by atoms with Gasteiger partial charge in [0.2, 0.25) is 0 Å². The lowest BCUT2D eigenvalue weighted by molar-refractivity contribution is 0.205. The van der Waals surface area contributed by atoms with Crippen LogP contribution in [0.15, 0.2) is 24.3 Å². The Kier molecular flexibility index (Phi) is 3.23. The van der Waals surface area contributed by atoms with Gasteiger partial charge in [-0.25, -0.2) is 0 Å². The third-order valence-corrected chi connectivity index (χ3v) is 2.99. The minimum atomic E-state index is 0.405. The summed E-state index contributed by atoms with van der Waals surface area (Å²) in [5.41, 5.74) is 13.8. The molecule has 2 rings (SSSR count). The molecule has 1 aliphatic rings. The first kappa shape index (κ1) is 10.5. The third kappa shape index (κ3) is 2.94. The van der Waals surface area contributed by atoms with Crippen molar-refractivity contribution < 1.29 is 0 Å². The Bertz CT molecular complexity index is 316. The van der Waals surface area contributed by atoms with Crippen LogP contribution in [0.4, 0.5) is 5.69 Å². The summed E-state index contributed by atoms with van der Waals surface area (Å²) >= 11 is 0. The second kappa shape index (κ2) is 4.64. The molecule has 1 saturated heterocycles. The normalized spacial score (nSPS) is 19.3. The molecule has 0 aromatic heterocycles. The van der Waals surface area contributed by atoms with Gasteiger partial charge in [-0.3, -0.25) is 4.90 Å². The molecule has 4 N–H and O–H groups in total. The Morgan fingerprint density at radius 1 is 1.27 bits per heavy atom. The molecular formula is C12H19N3. The van der Waals surface area contributed by atoms with E-state index in [1.165, 1.54) is 5.56 Å². The molecule has 0 radical (unpaired) electrons. The van der Waals surface area contributed by atoms with Crippen LogP contribution in [0.3, 0.4) is 0 Å². The van der Waals surface area contributed by atoms with E-state index in [2.05, 4.69) is 17.0 Å². The Morgan fingerprint density at radius 2 is 2.00 bits per heavy atom. The summed E-state index contributed by atoms with van der Waals surface area (Å²) in [6.45, 7) is 3.21. The Morgan fingerprint density at radius 3 is 2.67 bits per heavy atom. The molecule has 15 heavy (non-hydrogen) atoms. The standard InChI is InChI=1S/C12H19N3/c13-11-4-6-15(7-5-11)9-10-2-1-3-12(14)8-10/h1-3,8,11H,4-7,9,13-14H2. The number of hydrogen-bond acceptors (Lipinski definition) is 3. The molecule has 1 aliphatic heterocycles. The number of anilines is 1.